The molecule has 15 heavy (non-hydrogen) atoms. The maximum absolute atomic E-state index is 11.4. The van der Waals surface area contributed by atoms with E-state index in [9.17, 15) is 9.59 Å². The van der Waals surface area contributed by atoms with E-state index in [1.54, 1.807) is 32.7 Å². The van der Waals surface area contributed by atoms with Crippen LogP contribution in [0.2, 0.25) is 0 Å². The van der Waals surface area contributed by atoms with Crippen LogP contribution in [-0.4, -0.2) is 42.1 Å². The monoisotopic (exact) mass is 214 g/mol. The highest BCUT2D eigenvalue weighted by Gasteiger charge is 2.29. The largest absolute Gasteiger partial charge is 0.444 e. The van der Waals surface area contributed by atoms with Crippen molar-refractivity contribution in [3.63, 3.8) is 0 Å². The quantitative estimate of drug-likeness (QED) is 0.700. The third-order valence-electron chi connectivity index (χ3n) is 2.06. The lowest BCUT2D eigenvalue weighted by Crippen LogP contribution is -2.40. The van der Waals surface area contributed by atoms with E-state index in [0.717, 1.165) is 0 Å². The van der Waals surface area contributed by atoms with Crippen molar-refractivity contribution in [2.75, 3.05) is 13.6 Å². The first-order chi connectivity index (χ1) is 6.78. The van der Waals surface area contributed by atoms with Crippen molar-refractivity contribution >= 4 is 12.0 Å². The van der Waals surface area contributed by atoms with E-state index in [1.807, 2.05) is 0 Å². The minimum Gasteiger partial charge on any atom is -0.444 e. The number of nitrogens with one attached hydrogen (secondary N) is 1. The van der Waals surface area contributed by atoms with Gasteiger partial charge in [0.05, 0.1) is 6.04 Å². The first-order valence-electron chi connectivity index (χ1n) is 5.01. The van der Waals surface area contributed by atoms with Gasteiger partial charge in [-0.2, -0.15) is 0 Å². The molecule has 0 aliphatic carbocycles. The normalized spacial score (nSPS) is 21.7. The molecule has 5 nitrogen and oxygen atoms in total. The summed E-state index contributed by atoms with van der Waals surface area (Å²) < 4.78 is 5.09. The minimum atomic E-state index is -0.501. The maximum Gasteiger partial charge on any atom is 0.407 e. The lowest BCUT2D eigenvalue weighted by molar-refractivity contribution is -0.126. The van der Waals surface area contributed by atoms with Gasteiger partial charge in [0.1, 0.15) is 5.60 Å². The molecule has 2 amide bonds. The second-order valence-corrected chi connectivity index (χ2v) is 4.82. The molecule has 1 heterocycles. The Morgan fingerprint density at radius 3 is 2.53 bits per heavy atom. The van der Waals surface area contributed by atoms with Crippen molar-refractivity contribution in [2.24, 2.45) is 0 Å². The van der Waals surface area contributed by atoms with Crippen LogP contribution in [0, 0.1) is 0 Å². The number of carbonyl (C=O) groups is 2. The van der Waals surface area contributed by atoms with Crippen LogP contribution in [0.1, 0.15) is 27.2 Å². The Kier molecular flexibility index (Phi) is 3.21. The summed E-state index contributed by atoms with van der Waals surface area (Å²) >= 11 is 0. The number of hydrogen-bond acceptors (Lipinski definition) is 3. The molecular formula is C10H18N2O3. The fourth-order valence-electron chi connectivity index (χ4n) is 1.43. The van der Waals surface area contributed by atoms with E-state index in [0.29, 0.717) is 13.0 Å². The van der Waals surface area contributed by atoms with Crippen LogP contribution in [-0.2, 0) is 9.53 Å². The number of likely N-dealkylation sites (tertiary alicyclic amines) is 1. The van der Waals surface area contributed by atoms with Crippen molar-refractivity contribution in [2.45, 2.75) is 38.8 Å². The Morgan fingerprint density at radius 1 is 1.53 bits per heavy atom. The molecule has 0 spiro atoms. The van der Waals surface area contributed by atoms with E-state index in [-0.39, 0.29) is 11.9 Å². The van der Waals surface area contributed by atoms with Gasteiger partial charge < -0.3 is 15.0 Å². The maximum atomic E-state index is 11.4. The standard InChI is InChI=1S/C10H18N2O3/c1-10(2,3)15-9(14)11-7-5-8(13)12(4)6-7/h7H,5-6H2,1-4H3,(H,11,14)/t7-/m1/s1. The number of hydrogen-bond donors (Lipinski definition) is 1. The van der Waals surface area contributed by atoms with Crippen molar-refractivity contribution in [1.82, 2.24) is 10.2 Å². The van der Waals surface area contributed by atoms with Crippen LogP contribution in [0.3, 0.4) is 0 Å². The third-order valence-corrected chi connectivity index (χ3v) is 2.06. The molecule has 0 unspecified atom stereocenters. The molecule has 0 aromatic rings. The fourth-order valence-corrected chi connectivity index (χ4v) is 1.43. The molecule has 0 aromatic carbocycles. The SMILES string of the molecule is CN1C[C@H](NC(=O)OC(C)(C)C)CC1=O. The number of alkyl carbamates (subject to hydrolysis) is 1. The number of carbonyl (C=O) groups excluding carboxylic acids is 2. The first kappa shape index (κ1) is 11.8. The van der Waals surface area contributed by atoms with E-state index >= 15 is 0 Å². The topological polar surface area (TPSA) is 58.6 Å². The summed E-state index contributed by atoms with van der Waals surface area (Å²) in [4.78, 5) is 24.1. The van der Waals surface area contributed by atoms with E-state index in [2.05, 4.69) is 5.32 Å². The van der Waals surface area contributed by atoms with Gasteiger partial charge in [0, 0.05) is 20.0 Å². The van der Waals surface area contributed by atoms with Gasteiger partial charge in [0.25, 0.3) is 0 Å². The molecule has 1 rings (SSSR count). The number of likely N-dealkylation sites (N-methyl/N-ethyl adjacent to an activating group) is 1. The molecule has 0 radical (unpaired) electrons. The van der Waals surface area contributed by atoms with Crippen LogP contribution in [0.15, 0.2) is 0 Å². The van der Waals surface area contributed by atoms with Crippen LogP contribution in [0.25, 0.3) is 0 Å². The number of amides is 2. The second-order valence-electron chi connectivity index (χ2n) is 4.82. The fraction of sp³-hybridized carbons (Fsp3) is 0.800. The molecule has 0 aromatic heterocycles. The van der Waals surface area contributed by atoms with Gasteiger partial charge in [-0.15, -0.1) is 0 Å². The highest BCUT2D eigenvalue weighted by molar-refractivity contribution is 5.80. The zero-order valence-electron chi connectivity index (χ0n) is 9.66. The van der Waals surface area contributed by atoms with Crippen LogP contribution >= 0.6 is 0 Å². The minimum absolute atomic E-state index is 0.0519. The van der Waals surface area contributed by atoms with E-state index in [1.165, 1.54) is 0 Å². The molecular weight excluding hydrogens is 196 g/mol. The highest BCUT2D eigenvalue weighted by Crippen LogP contribution is 2.11. The third kappa shape index (κ3) is 3.77. The molecule has 5 heteroatoms. The molecule has 86 valence electrons. The molecule has 1 aliphatic heterocycles. The average molecular weight is 214 g/mol. The number of ether oxygens (including phenoxy) is 1. The van der Waals surface area contributed by atoms with Crippen molar-refractivity contribution in [1.29, 1.82) is 0 Å². The van der Waals surface area contributed by atoms with Crippen LogP contribution in [0.5, 0.6) is 0 Å². The summed E-state index contributed by atoms with van der Waals surface area (Å²) in [5.41, 5.74) is -0.501. The second kappa shape index (κ2) is 4.08. The van der Waals surface area contributed by atoms with Gasteiger partial charge in [0.2, 0.25) is 5.91 Å². The number of rotatable bonds is 1. The average Bonchev–Trinajstić information content (AvgIpc) is 2.26. The lowest BCUT2D eigenvalue weighted by atomic mass is 10.2. The van der Waals surface area contributed by atoms with Gasteiger partial charge in [-0.3, -0.25) is 4.79 Å². The molecule has 0 bridgehead atoms. The van der Waals surface area contributed by atoms with Crippen LogP contribution in [0.4, 0.5) is 4.79 Å². The summed E-state index contributed by atoms with van der Waals surface area (Å²) in [6, 6.07) is -0.127. The Labute approximate surface area is 89.8 Å². The predicted octanol–water partition coefficient (Wildman–Crippen LogP) is 0.742. The lowest BCUT2D eigenvalue weighted by Gasteiger charge is -2.21. The van der Waals surface area contributed by atoms with Crippen molar-refractivity contribution in [3.05, 3.63) is 0 Å². The van der Waals surface area contributed by atoms with E-state index < -0.39 is 11.7 Å². The Morgan fingerprint density at radius 2 is 2.13 bits per heavy atom. The number of nitrogens with zero attached hydrogens (tertiary/aromatic N) is 1. The van der Waals surface area contributed by atoms with Crippen LogP contribution < -0.4 is 5.32 Å². The molecule has 0 saturated carbocycles. The zero-order valence-corrected chi connectivity index (χ0v) is 9.66. The summed E-state index contributed by atoms with van der Waals surface area (Å²) in [6.45, 7) is 5.97. The molecule has 1 saturated heterocycles. The molecule has 1 aliphatic rings. The van der Waals surface area contributed by atoms with Gasteiger partial charge >= 0.3 is 6.09 Å². The predicted molar refractivity (Wildman–Crippen MR) is 55.4 cm³/mol. The molecule has 1 N–H and O–H groups in total. The summed E-state index contributed by atoms with van der Waals surface area (Å²) in [6.07, 6.45) is -0.106. The summed E-state index contributed by atoms with van der Waals surface area (Å²) in [5.74, 6) is 0.0519. The highest BCUT2D eigenvalue weighted by atomic mass is 16.6. The summed E-state index contributed by atoms with van der Waals surface area (Å²) in [5, 5.41) is 2.67. The Balaban J connectivity index is 2.37. The van der Waals surface area contributed by atoms with E-state index in [4.69, 9.17) is 4.74 Å². The zero-order chi connectivity index (χ0) is 11.6. The van der Waals surface area contributed by atoms with Gasteiger partial charge in [-0.05, 0) is 20.8 Å². The van der Waals surface area contributed by atoms with Gasteiger partial charge in [-0.1, -0.05) is 0 Å². The van der Waals surface area contributed by atoms with Gasteiger partial charge in [0.15, 0.2) is 0 Å². The Bertz CT molecular complexity index is 270. The molecule has 1 atom stereocenters. The van der Waals surface area contributed by atoms with Crippen molar-refractivity contribution < 1.29 is 14.3 Å². The van der Waals surface area contributed by atoms with Gasteiger partial charge in [-0.25, -0.2) is 4.79 Å². The van der Waals surface area contributed by atoms with Crippen molar-refractivity contribution in [3.8, 4) is 0 Å². The first-order valence-corrected chi connectivity index (χ1v) is 5.01. The smallest absolute Gasteiger partial charge is 0.407 e. The Hall–Kier alpha value is -1.26. The summed E-state index contributed by atoms with van der Waals surface area (Å²) in [7, 11) is 1.72. The molecule has 1 fully saturated rings.